The van der Waals surface area contributed by atoms with Crippen molar-refractivity contribution in [3.05, 3.63) is 82.3 Å². The average Bonchev–Trinajstić information content (AvgIpc) is 3.35. The van der Waals surface area contributed by atoms with Crippen LogP contribution in [0, 0.1) is 5.82 Å². The molecular weight excluding hydrogens is 529 g/mol. The largest absolute Gasteiger partial charge is 0.482 e. The molecule has 0 spiro atoms. The van der Waals surface area contributed by atoms with Gasteiger partial charge in [-0.15, -0.1) is 0 Å². The summed E-state index contributed by atoms with van der Waals surface area (Å²) in [6, 6.07) is 11.5. The van der Waals surface area contributed by atoms with E-state index in [1.165, 1.54) is 42.6 Å². The van der Waals surface area contributed by atoms with Crippen LogP contribution in [0.4, 0.5) is 15.9 Å². The number of likely N-dealkylation sites (N-methyl/N-ethyl adjacent to an activating group) is 1. The van der Waals surface area contributed by atoms with Crippen molar-refractivity contribution in [1.82, 2.24) is 9.88 Å². The number of esters is 1. The van der Waals surface area contributed by atoms with Crippen LogP contribution in [-0.4, -0.2) is 66.9 Å². The van der Waals surface area contributed by atoms with E-state index in [4.69, 9.17) is 21.1 Å². The molecule has 0 radical (unpaired) electrons. The van der Waals surface area contributed by atoms with Gasteiger partial charge in [0.25, 0.3) is 11.8 Å². The van der Waals surface area contributed by atoms with E-state index in [9.17, 15) is 18.8 Å². The molecule has 39 heavy (non-hydrogen) atoms. The molecule has 0 fully saturated rings. The molecule has 1 aromatic heterocycles. The molecule has 0 aliphatic carbocycles. The summed E-state index contributed by atoms with van der Waals surface area (Å²) < 4.78 is 25.3. The number of rotatable bonds is 9. The number of halogens is 2. The molecule has 12 heteroatoms. The third kappa shape index (κ3) is 6.88. The highest BCUT2D eigenvalue weighted by Gasteiger charge is 2.21. The normalized spacial score (nSPS) is 12.5. The fourth-order valence-corrected chi connectivity index (χ4v) is 3.87. The van der Waals surface area contributed by atoms with Gasteiger partial charge in [-0.3, -0.25) is 14.6 Å². The molecule has 1 aliphatic heterocycles. The van der Waals surface area contributed by atoms with Crippen LogP contribution in [0.3, 0.4) is 0 Å². The first kappa shape index (κ1) is 27.5. The van der Waals surface area contributed by atoms with Gasteiger partial charge in [0.1, 0.15) is 23.2 Å². The van der Waals surface area contributed by atoms with Gasteiger partial charge in [-0.25, -0.2) is 14.2 Å². The van der Waals surface area contributed by atoms with Gasteiger partial charge in [0, 0.05) is 25.4 Å². The SMILES string of the molecule is CCOC(=O)COc1ccc(NC(=O)c2ccc(C3=NCCN3C)cc2F)c(C(=O)Nc2ccc(Cl)cn2)c1. The van der Waals surface area contributed by atoms with Gasteiger partial charge in [-0.05, 0) is 49.4 Å². The van der Waals surface area contributed by atoms with E-state index in [0.29, 0.717) is 23.0 Å². The number of aliphatic imine (C=N–C) groups is 1. The predicted octanol–water partition coefficient (Wildman–Crippen LogP) is 4.01. The van der Waals surface area contributed by atoms with Gasteiger partial charge in [-0.1, -0.05) is 17.7 Å². The van der Waals surface area contributed by atoms with E-state index >= 15 is 0 Å². The van der Waals surface area contributed by atoms with Crippen molar-refractivity contribution in [1.29, 1.82) is 0 Å². The topological polar surface area (TPSA) is 122 Å². The van der Waals surface area contributed by atoms with Crippen LogP contribution in [0.2, 0.25) is 5.02 Å². The number of nitrogens with zero attached hydrogens (tertiary/aromatic N) is 3. The van der Waals surface area contributed by atoms with E-state index in [1.54, 1.807) is 19.1 Å². The summed E-state index contributed by atoms with van der Waals surface area (Å²) in [4.78, 5) is 48.2. The van der Waals surface area contributed by atoms with Crippen molar-refractivity contribution in [2.75, 3.05) is 44.0 Å². The zero-order valence-electron chi connectivity index (χ0n) is 21.2. The monoisotopic (exact) mass is 553 g/mol. The van der Waals surface area contributed by atoms with Crippen LogP contribution < -0.4 is 15.4 Å². The van der Waals surface area contributed by atoms with Gasteiger partial charge >= 0.3 is 5.97 Å². The Morgan fingerprint density at radius 3 is 2.51 bits per heavy atom. The minimum Gasteiger partial charge on any atom is -0.482 e. The Kier molecular flexibility index (Phi) is 8.72. The highest BCUT2D eigenvalue weighted by Crippen LogP contribution is 2.25. The van der Waals surface area contributed by atoms with E-state index in [2.05, 4.69) is 20.6 Å². The zero-order valence-corrected chi connectivity index (χ0v) is 21.9. The molecule has 1 aliphatic rings. The van der Waals surface area contributed by atoms with Crippen molar-refractivity contribution in [2.24, 2.45) is 4.99 Å². The molecule has 10 nitrogen and oxygen atoms in total. The molecule has 2 amide bonds. The Balaban J connectivity index is 1.58. The number of nitrogens with one attached hydrogen (secondary N) is 2. The minimum atomic E-state index is -0.764. The first-order valence-electron chi connectivity index (χ1n) is 12.0. The molecule has 202 valence electrons. The van der Waals surface area contributed by atoms with E-state index < -0.39 is 23.6 Å². The fraction of sp³-hybridized carbons (Fsp3) is 0.222. The Labute approximate surface area is 228 Å². The second kappa shape index (κ2) is 12.4. The number of benzene rings is 2. The molecule has 0 atom stereocenters. The highest BCUT2D eigenvalue weighted by atomic mass is 35.5. The summed E-state index contributed by atoms with van der Waals surface area (Å²) in [6.45, 7) is 2.83. The number of amidine groups is 1. The number of carbonyl (C=O) groups is 3. The molecule has 2 aromatic carbocycles. The Hall–Kier alpha value is -4.51. The first-order chi connectivity index (χ1) is 18.7. The minimum absolute atomic E-state index is 0.0135. The number of anilines is 2. The molecule has 4 rings (SSSR count). The third-order valence-corrected chi connectivity index (χ3v) is 5.87. The molecule has 2 heterocycles. The lowest BCUT2D eigenvalue weighted by Gasteiger charge is -2.15. The number of pyridine rings is 1. The third-order valence-electron chi connectivity index (χ3n) is 5.65. The summed E-state index contributed by atoms with van der Waals surface area (Å²) in [7, 11) is 1.86. The molecule has 0 saturated carbocycles. The van der Waals surface area contributed by atoms with Crippen LogP contribution in [0.5, 0.6) is 5.75 Å². The van der Waals surface area contributed by atoms with Gasteiger partial charge in [0.05, 0.1) is 35.0 Å². The average molecular weight is 554 g/mol. The number of carbonyl (C=O) groups excluding carboxylic acids is 3. The standard InChI is InChI=1S/C27H25ClFN5O5/c1-3-38-24(35)15-39-18-6-8-22(20(13-18)27(37)33-23-9-5-17(28)14-31-23)32-26(36)19-7-4-16(12-21(19)29)25-30-10-11-34(25)2/h4-9,12-14H,3,10-11,15H2,1-2H3,(H,32,36)(H,31,33,37). The van der Waals surface area contributed by atoms with E-state index in [0.717, 1.165) is 6.54 Å². The molecule has 2 N–H and O–H groups in total. The molecule has 3 aromatic rings. The number of ether oxygens (including phenoxy) is 2. The number of aromatic nitrogens is 1. The molecular formula is C27H25ClFN5O5. The predicted molar refractivity (Wildman–Crippen MR) is 144 cm³/mol. The smallest absolute Gasteiger partial charge is 0.344 e. The second-order valence-electron chi connectivity index (χ2n) is 8.39. The van der Waals surface area contributed by atoms with Crippen molar-refractivity contribution in [3.63, 3.8) is 0 Å². The Morgan fingerprint density at radius 1 is 1.05 bits per heavy atom. The van der Waals surface area contributed by atoms with Gasteiger partial charge in [0.2, 0.25) is 0 Å². The summed E-state index contributed by atoms with van der Waals surface area (Å²) in [6.07, 6.45) is 1.36. The van der Waals surface area contributed by atoms with Crippen molar-refractivity contribution >= 4 is 46.7 Å². The van der Waals surface area contributed by atoms with Gasteiger partial charge < -0.3 is 25.0 Å². The lowest BCUT2D eigenvalue weighted by Crippen LogP contribution is -2.24. The highest BCUT2D eigenvalue weighted by molar-refractivity contribution is 6.30. The molecule has 0 unspecified atom stereocenters. The van der Waals surface area contributed by atoms with Crippen LogP contribution in [0.1, 0.15) is 33.2 Å². The van der Waals surface area contributed by atoms with Gasteiger partial charge in [0.15, 0.2) is 6.61 Å². The number of amides is 2. The summed E-state index contributed by atoms with van der Waals surface area (Å²) in [5, 5.41) is 5.58. The Bertz CT molecular complexity index is 1430. The van der Waals surface area contributed by atoms with Crippen LogP contribution in [0.25, 0.3) is 0 Å². The lowest BCUT2D eigenvalue weighted by atomic mass is 10.1. The molecule has 0 bridgehead atoms. The van der Waals surface area contributed by atoms with Crippen molar-refractivity contribution < 1.29 is 28.2 Å². The van der Waals surface area contributed by atoms with Crippen molar-refractivity contribution in [3.8, 4) is 5.75 Å². The zero-order chi connectivity index (χ0) is 27.9. The fourth-order valence-electron chi connectivity index (χ4n) is 3.76. The van der Waals surface area contributed by atoms with Crippen LogP contribution in [-0.2, 0) is 9.53 Å². The first-order valence-corrected chi connectivity index (χ1v) is 12.3. The van der Waals surface area contributed by atoms with E-state index in [-0.39, 0.29) is 41.6 Å². The summed E-state index contributed by atoms with van der Waals surface area (Å²) in [5.41, 5.74) is 0.412. The maximum atomic E-state index is 15.0. The van der Waals surface area contributed by atoms with Crippen LogP contribution in [0.15, 0.2) is 59.7 Å². The number of hydrogen-bond acceptors (Lipinski definition) is 8. The number of hydrogen-bond donors (Lipinski definition) is 2. The maximum absolute atomic E-state index is 15.0. The quantitative estimate of drug-likeness (QED) is 0.384. The summed E-state index contributed by atoms with van der Waals surface area (Å²) in [5.74, 6) is -1.69. The maximum Gasteiger partial charge on any atom is 0.344 e. The van der Waals surface area contributed by atoms with Crippen LogP contribution >= 0.6 is 11.6 Å². The van der Waals surface area contributed by atoms with Gasteiger partial charge in [-0.2, -0.15) is 0 Å². The lowest BCUT2D eigenvalue weighted by molar-refractivity contribution is -0.145. The van der Waals surface area contributed by atoms with Crippen molar-refractivity contribution in [2.45, 2.75) is 6.92 Å². The second-order valence-corrected chi connectivity index (χ2v) is 8.83. The van der Waals surface area contributed by atoms with E-state index in [1.807, 2.05) is 11.9 Å². The summed E-state index contributed by atoms with van der Waals surface area (Å²) >= 11 is 5.86. The Morgan fingerprint density at radius 2 is 1.85 bits per heavy atom. The molecule has 0 saturated heterocycles.